The minimum absolute atomic E-state index is 0.0488. The lowest BCUT2D eigenvalue weighted by Gasteiger charge is -2.34. The van der Waals surface area contributed by atoms with Gasteiger partial charge < -0.3 is 14.9 Å². The van der Waals surface area contributed by atoms with Gasteiger partial charge in [0.25, 0.3) is 0 Å². The Morgan fingerprint density at radius 3 is 2.43 bits per heavy atom. The van der Waals surface area contributed by atoms with E-state index in [-0.39, 0.29) is 6.10 Å². The Morgan fingerprint density at radius 2 is 1.93 bits per heavy atom. The minimum atomic E-state index is -0.0488. The van der Waals surface area contributed by atoms with Gasteiger partial charge in [0.05, 0.1) is 6.10 Å². The summed E-state index contributed by atoms with van der Waals surface area (Å²) in [5.41, 5.74) is 0. The van der Waals surface area contributed by atoms with Crippen LogP contribution in [0, 0.1) is 0 Å². The van der Waals surface area contributed by atoms with E-state index in [1.165, 1.54) is 6.42 Å². The van der Waals surface area contributed by atoms with Gasteiger partial charge in [-0.25, -0.2) is 0 Å². The second-order valence-corrected chi connectivity index (χ2v) is 4.71. The van der Waals surface area contributed by atoms with E-state index in [0.29, 0.717) is 6.04 Å². The number of likely N-dealkylation sites (tertiary alicyclic amines) is 1. The van der Waals surface area contributed by atoms with Crippen LogP contribution in [0.15, 0.2) is 0 Å². The minimum Gasteiger partial charge on any atom is -0.393 e. The molecule has 0 amide bonds. The van der Waals surface area contributed by atoms with Crippen molar-refractivity contribution in [3.8, 4) is 0 Å². The molecular formula is C11H24N2O. The summed E-state index contributed by atoms with van der Waals surface area (Å²) >= 11 is 0. The molecule has 84 valence electrons. The Balaban J connectivity index is 2.20. The van der Waals surface area contributed by atoms with Crippen molar-refractivity contribution in [2.24, 2.45) is 0 Å². The fraction of sp³-hybridized carbons (Fsp3) is 1.00. The predicted octanol–water partition coefficient (Wildman–Crippen LogP) is 0.783. The van der Waals surface area contributed by atoms with E-state index in [1.807, 2.05) is 0 Å². The van der Waals surface area contributed by atoms with E-state index >= 15 is 0 Å². The molecule has 0 spiro atoms. The number of piperidine rings is 1. The summed E-state index contributed by atoms with van der Waals surface area (Å²) in [4.78, 5) is 4.73. The molecule has 1 rings (SSSR count). The summed E-state index contributed by atoms with van der Waals surface area (Å²) in [5, 5.41) is 9.39. The predicted molar refractivity (Wildman–Crippen MR) is 59.4 cm³/mol. The summed E-state index contributed by atoms with van der Waals surface area (Å²) in [7, 11) is 4.24. The van der Waals surface area contributed by atoms with Gasteiger partial charge in [-0.15, -0.1) is 0 Å². The quantitative estimate of drug-likeness (QED) is 0.726. The molecule has 0 saturated carbocycles. The van der Waals surface area contributed by atoms with Crippen molar-refractivity contribution >= 4 is 0 Å². The van der Waals surface area contributed by atoms with Gasteiger partial charge in [0.2, 0.25) is 0 Å². The third-order valence-corrected chi connectivity index (χ3v) is 3.12. The maximum Gasteiger partial charge on any atom is 0.0564 e. The largest absolute Gasteiger partial charge is 0.393 e. The highest BCUT2D eigenvalue weighted by atomic mass is 16.3. The Morgan fingerprint density at radius 1 is 1.36 bits per heavy atom. The molecule has 1 N–H and O–H groups in total. The zero-order chi connectivity index (χ0) is 10.6. The maximum absolute atomic E-state index is 9.39. The van der Waals surface area contributed by atoms with Crippen LogP contribution in [0.4, 0.5) is 0 Å². The second kappa shape index (κ2) is 5.69. The van der Waals surface area contributed by atoms with Crippen molar-refractivity contribution in [1.29, 1.82) is 0 Å². The van der Waals surface area contributed by atoms with Crippen LogP contribution in [-0.2, 0) is 0 Å². The van der Waals surface area contributed by atoms with Crippen molar-refractivity contribution in [2.75, 3.05) is 33.7 Å². The number of aliphatic hydroxyl groups is 1. The van der Waals surface area contributed by atoms with E-state index in [1.54, 1.807) is 0 Å². The van der Waals surface area contributed by atoms with Gasteiger partial charge in [0, 0.05) is 19.1 Å². The van der Waals surface area contributed by atoms with E-state index < -0.39 is 0 Å². The fourth-order valence-corrected chi connectivity index (χ4v) is 1.95. The van der Waals surface area contributed by atoms with Crippen LogP contribution in [0.5, 0.6) is 0 Å². The van der Waals surface area contributed by atoms with Gasteiger partial charge in [-0.05, 0) is 46.8 Å². The van der Waals surface area contributed by atoms with Gasteiger partial charge in [0.1, 0.15) is 0 Å². The normalized spacial score (nSPS) is 22.9. The van der Waals surface area contributed by atoms with Crippen LogP contribution < -0.4 is 0 Å². The molecule has 1 saturated heterocycles. The maximum atomic E-state index is 9.39. The number of hydrogen-bond acceptors (Lipinski definition) is 3. The smallest absolute Gasteiger partial charge is 0.0564 e. The van der Waals surface area contributed by atoms with Crippen molar-refractivity contribution in [3.63, 3.8) is 0 Å². The molecule has 1 atom stereocenters. The summed E-state index contributed by atoms with van der Waals surface area (Å²) in [6.45, 7) is 5.58. The lowest BCUT2D eigenvalue weighted by atomic mass is 10.0. The van der Waals surface area contributed by atoms with Gasteiger partial charge in [-0.3, -0.25) is 0 Å². The monoisotopic (exact) mass is 200 g/mol. The van der Waals surface area contributed by atoms with Gasteiger partial charge >= 0.3 is 0 Å². The molecule has 0 aromatic heterocycles. The first kappa shape index (κ1) is 12.0. The highest BCUT2D eigenvalue weighted by Crippen LogP contribution is 2.14. The molecule has 0 bridgehead atoms. The molecule has 1 aliphatic rings. The third kappa shape index (κ3) is 3.95. The summed E-state index contributed by atoms with van der Waals surface area (Å²) in [6.07, 6.45) is 3.08. The molecular weight excluding hydrogens is 176 g/mol. The standard InChI is InChI=1S/C11H24N2O/c1-10(4-7-12(2)3)13-8-5-11(14)6-9-13/h10-11,14H,4-9H2,1-3H3. The Bertz CT molecular complexity index is 153. The highest BCUT2D eigenvalue weighted by molar-refractivity contribution is 4.75. The molecule has 1 unspecified atom stereocenters. The summed E-state index contributed by atoms with van der Waals surface area (Å²) in [5.74, 6) is 0. The Hall–Kier alpha value is -0.120. The average Bonchev–Trinajstić information content (AvgIpc) is 2.15. The lowest BCUT2D eigenvalue weighted by molar-refractivity contribution is 0.0611. The first-order valence-electron chi connectivity index (χ1n) is 5.66. The fourth-order valence-electron chi connectivity index (χ4n) is 1.95. The molecule has 0 aromatic carbocycles. The molecule has 3 heteroatoms. The van der Waals surface area contributed by atoms with Crippen LogP contribution in [0.1, 0.15) is 26.2 Å². The van der Waals surface area contributed by atoms with Crippen LogP contribution in [0.2, 0.25) is 0 Å². The zero-order valence-electron chi connectivity index (χ0n) is 9.74. The van der Waals surface area contributed by atoms with Crippen LogP contribution >= 0.6 is 0 Å². The zero-order valence-corrected chi connectivity index (χ0v) is 9.74. The van der Waals surface area contributed by atoms with Crippen LogP contribution in [0.3, 0.4) is 0 Å². The molecule has 1 fully saturated rings. The summed E-state index contributed by atoms with van der Waals surface area (Å²) < 4.78 is 0. The van der Waals surface area contributed by atoms with Crippen molar-refractivity contribution in [2.45, 2.75) is 38.3 Å². The molecule has 1 aliphatic heterocycles. The molecule has 3 nitrogen and oxygen atoms in total. The first-order chi connectivity index (χ1) is 6.59. The van der Waals surface area contributed by atoms with E-state index in [0.717, 1.165) is 32.5 Å². The van der Waals surface area contributed by atoms with Crippen LogP contribution in [-0.4, -0.2) is 60.8 Å². The second-order valence-electron chi connectivity index (χ2n) is 4.71. The number of rotatable bonds is 4. The highest BCUT2D eigenvalue weighted by Gasteiger charge is 2.20. The summed E-state index contributed by atoms with van der Waals surface area (Å²) in [6, 6.07) is 0.657. The first-order valence-corrected chi connectivity index (χ1v) is 5.66. The number of nitrogens with zero attached hydrogens (tertiary/aromatic N) is 2. The lowest BCUT2D eigenvalue weighted by Crippen LogP contribution is -2.42. The van der Waals surface area contributed by atoms with Crippen molar-refractivity contribution < 1.29 is 5.11 Å². The van der Waals surface area contributed by atoms with Crippen molar-refractivity contribution in [3.05, 3.63) is 0 Å². The van der Waals surface area contributed by atoms with E-state index in [2.05, 4.69) is 30.8 Å². The molecule has 0 aromatic rings. The Kier molecular flexibility index (Phi) is 4.85. The topological polar surface area (TPSA) is 26.7 Å². The van der Waals surface area contributed by atoms with Gasteiger partial charge in [-0.1, -0.05) is 0 Å². The molecule has 0 aliphatic carbocycles. The average molecular weight is 200 g/mol. The SMILES string of the molecule is CC(CCN(C)C)N1CCC(O)CC1. The van der Waals surface area contributed by atoms with Crippen LogP contribution in [0.25, 0.3) is 0 Å². The number of aliphatic hydroxyl groups excluding tert-OH is 1. The van der Waals surface area contributed by atoms with Gasteiger partial charge in [0.15, 0.2) is 0 Å². The van der Waals surface area contributed by atoms with E-state index in [4.69, 9.17) is 0 Å². The van der Waals surface area contributed by atoms with Crippen molar-refractivity contribution in [1.82, 2.24) is 9.80 Å². The Labute approximate surface area is 87.7 Å². The van der Waals surface area contributed by atoms with Gasteiger partial charge in [-0.2, -0.15) is 0 Å². The van der Waals surface area contributed by atoms with E-state index in [9.17, 15) is 5.11 Å². The number of hydrogen-bond donors (Lipinski definition) is 1. The third-order valence-electron chi connectivity index (χ3n) is 3.12. The molecule has 0 radical (unpaired) electrons. The molecule has 1 heterocycles. The molecule has 14 heavy (non-hydrogen) atoms.